The smallest absolute Gasteiger partial charge is 0.351 e. The molecule has 1 aromatic heterocycles. The first-order valence-corrected chi connectivity index (χ1v) is 5.71. The quantitative estimate of drug-likeness (QED) is 0.769. The van der Waals surface area contributed by atoms with Crippen molar-refractivity contribution in [3.05, 3.63) is 22.2 Å². The Kier molecular flexibility index (Phi) is 3.17. The number of hydrogen-bond acceptors (Lipinski definition) is 5. The number of aryl methyl sites for hydroxylation is 1. The van der Waals surface area contributed by atoms with Crippen molar-refractivity contribution in [1.29, 1.82) is 0 Å². The van der Waals surface area contributed by atoms with Crippen molar-refractivity contribution in [1.82, 2.24) is 9.55 Å². The minimum absolute atomic E-state index is 0.0141. The summed E-state index contributed by atoms with van der Waals surface area (Å²) in [7, 11) is 0. The molecule has 1 aliphatic heterocycles. The van der Waals surface area contributed by atoms with Gasteiger partial charge in [-0.2, -0.15) is 4.98 Å². The van der Waals surface area contributed by atoms with Gasteiger partial charge in [-0.3, -0.25) is 4.57 Å². The molecule has 0 radical (unpaired) electrons. The SMILES string of the molecule is CC[C@@H]1C[C@@H](O)[C@H](n2cc(C)c(N)nc2=O)O1. The molecule has 0 aliphatic carbocycles. The molecule has 0 saturated carbocycles. The summed E-state index contributed by atoms with van der Waals surface area (Å²) in [5, 5.41) is 9.88. The van der Waals surface area contributed by atoms with Crippen molar-refractivity contribution in [3.63, 3.8) is 0 Å². The lowest BCUT2D eigenvalue weighted by Crippen LogP contribution is -2.32. The van der Waals surface area contributed by atoms with E-state index in [1.54, 1.807) is 13.1 Å². The Labute approximate surface area is 99.0 Å². The maximum atomic E-state index is 11.7. The number of ether oxygens (including phenoxy) is 1. The highest BCUT2D eigenvalue weighted by Gasteiger charge is 2.34. The summed E-state index contributed by atoms with van der Waals surface area (Å²) in [5.74, 6) is 0.214. The lowest BCUT2D eigenvalue weighted by Gasteiger charge is -2.17. The highest BCUT2D eigenvalue weighted by atomic mass is 16.5. The molecule has 1 aliphatic rings. The first kappa shape index (κ1) is 12.1. The summed E-state index contributed by atoms with van der Waals surface area (Å²) >= 11 is 0. The predicted molar refractivity (Wildman–Crippen MR) is 62.5 cm³/mol. The summed E-state index contributed by atoms with van der Waals surface area (Å²) in [4.78, 5) is 15.4. The molecular weight excluding hydrogens is 222 g/mol. The average Bonchev–Trinajstić information content (AvgIpc) is 2.65. The molecule has 6 nitrogen and oxygen atoms in total. The number of aliphatic hydroxyl groups is 1. The zero-order chi connectivity index (χ0) is 12.6. The summed E-state index contributed by atoms with van der Waals surface area (Å²) in [6.45, 7) is 3.74. The Bertz CT molecular complexity index is 472. The molecule has 0 amide bonds. The number of aromatic nitrogens is 2. The van der Waals surface area contributed by atoms with Crippen LogP contribution in [0.4, 0.5) is 5.82 Å². The molecule has 1 fully saturated rings. The van der Waals surface area contributed by atoms with Gasteiger partial charge in [0.25, 0.3) is 0 Å². The van der Waals surface area contributed by atoms with Gasteiger partial charge in [-0.15, -0.1) is 0 Å². The van der Waals surface area contributed by atoms with Crippen LogP contribution in [-0.4, -0.2) is 26.9 Å². The molecular formula is C11H17N3O3. The van der Waals surface area contributed by atoms with Gasteiger partial charge >= 0.3 is 5.69 Å². The van der Waals surface area contributed by atoms with Gasteiger partial charge in [0, 0.05) is 18.2 Å². The Balaban J connectivity index is 2.35. The van der Waals surface area contributed by atoms with E-state index in [0.717, 1.165) is 6.42 Å². The molecule has 0 aromatic carbocycles. The van der Waals surface area contributed by atoms with Crippen molar-refractivity contribution < 1.29 is 9.84 Å². The largest absolute Gasteiger partial charge is 0.388 e. The van der Waals surface area contributed by atoms with Crippen LogP contribution in [0, 0.1) is 6.92 Å². The van der Waals surface area contributed by atoms with Crippen LogP contribution < -0.4 is 11.4 Å². The lowest BCUT2D eigenvalue weighted by atomic mass is 10.1. The first-order valence-electron chi connectivity index (χ1n) is 5.71. The Morgan fingerprint density at radius 3 is 3.00 bits per heavy atom. The van der Waals surface area contributed by atoms with Gasteiger partial charge in [0.15, 0.2) is 6.23 Å². The van der Waals surface area contributed by atoms with Crippen molar-refractivity contribution in [2.45, 2.75) is 45.1 Å². The van der Waals surface area contributed by atoms with Crippen molar-refractivity contribution in [2.24, 2.45) is 0 Å². The van der Waals surface area contributed by atoms with Crippen molar-refractivity contribution in [3.8, 4) is 0 Å². The number of nitrogen functional groups attached to an aromatic ring is 1. The number of aliphatic hydroxyl groups excluding tert-OH is 1. The van der Waals surface area contributed by atoms with Crippen LogP contribution in [-0.2, 0) is 4.74 Å². The molecule has 1 saturated heterocycles. The maximum absolute atomic E-state index is 11.7. The Morgan fingerprint density at radius 1 is 1.71 bits per heavy atom. The van der Waals surface area contributed by atoms with Crippen LogP contribution in [0.25, 0.3) is 0 Å². The van der Waals surface area contributed by atoms with Gasteiger partial charge in [-0.25, -0.2) is 4.79 Å². The Morgan fingerprint density at radius 2 is 2.41 bits per heavy atom. The van der Waals surface area contributed by atoms with Crippen LogP contribution in [0.5, 0.6) is 0 Å². The molecule has 94 valence electrons. The van der Waals surface area contributed by atoms with Crippen LogP contribution in [0.1, 0.15) is 31.6 Å². The summed E-state index contributed by atoms with van der Waals surface area (Å²) in [6.07, 6.45) is 1.58. The van der Waals surface area contributed by atoms with Crippen LogP contribution in [0.15, 0.2) is 11.0 Å². The average molecular weight is 239 g/mol. The van der Waals surface area contributed by atoms with Crippen LogP contribution >= 0.6 is 0 Å². The van der Waals surface area contributed by atoms with Gasteiger partial charge in [0.2, 0.25) is 0 Å². The molecule has 3 atom stereocenters. The highest BCUT2D eigenvalue weighted by Crippen LogP contribution is 2.29. The molecule has 6 heteroatoms. The summed E-state index contributed by atoms with van der Waals surface area (Å²) < 4.78 is 6.93. The minimum Gasteiger partial charge on any atom is -0.388 e. The maximum Gasteiger partial charge on any atom is 0.351 e. The predicted octanol–water partition coefficient (Wildman–Crippen LogP) is 0.192. The summed E-state index contributed by atoms with van der Waals surface area (Å²) in [5.41, 5.74) is 5.75. The second kappa shape index (κ2) is 4.46. The van der Waals surface area contributed by atoms with E-state index in [2.05, 4.69) is 4.98 Å². The topological polar surface area (TPSA) is 90.4 Å². The molecule has 0 bridgehead atoms. The molecule has 2 heterocycles. The molecule has 0 unspecified atom stereocenters. The van der Waals surface area contributed by atoms with Crippen molar-refractivity contribution in [2.75, 3.05) is 5.73 Å². The number of nitrogens with zero attached hydrogens (tertiary/aromatic N) is 2. The first-order chi connectivity index (χ1) is 8.02. The lowest BCUT2D eigenvalue weighted by molar-refractivity contribution is -0.0404. The third-order valence-electron chi connectivity index (χ3n) is 3.07. The summed E-state index contributed by atoms with van der Waals surface area (Å²) in [6, 6.07) is 0. The second-order valence-electron chi connectivity index (χ2n) is 4.36. The van der Waals surface area contributed by atoms with Gasteiger partial charge in [-0.05, 0) is 13.3 Å². The Hall–Kier alpha value is -1.40. The molecule has 2 rings (SSSR count). The van der Waals surface area contributed by atoms with E-state index < -0.39 is 18.0 Å². The van der Waals surface area contributed by atoms with Crippen LogP contribution in [0.3, 0.4) is 0 Å². The minimum atomic E-state index is -0.678. The van der Waals surface area contributed by atoms with Gasteiger partial charge in [0.1, 0.15) is 11.9 Å². The third-order valence-corrected chi connectivity index (χ3v) is 3.07. The zero-order valence-corrected chi connectivity index (χ0v) is 9.96. The van der Waals surface area contributed by atoms with Gasteiger partial charge in [0.05, 0.1) is 6.10 Å². The van der Waals surface area contributed by atoms with Crippen molar-refractivity contribution >= 4 is 5.82 Å². The molecule has 1 aromatic rings. The molecule has 0 spiro atoms. The number of rotatable bonds is 2. The van der Waals surface area contributed by atoms with E-state index in [0.29, 0.717) is 12.0 Å². The van der Waals surface area contributed by atoms with Gasteiger partial charge < -0.3 is 15.6 Å². The van der Waals surface area contributed by atoms with Crippen LogP contribution in [0.2, 0.25) is 0 Å². The fraction of sp³-hybridized carbons (Fsp3) is 0.636. The number of anilines is 1. The highest BCUT2D eigenvalue weighted by molar-refractivity contribution is 5.35. The molecule has 3 N–H and O–H groups in total. The second-order valence-corrected chi connectivity index (χ2v) is 4.36. The number of hydrogen-bond donors (Lipinski definition) is 2. The number of nitrogens with two attached hydrogens (primary N) is 1. The van der Waals surface area contributed by atoms with E-state index in [4.69, 9.17) is 10.5 Å². The van der Waals surface area contributed by atoms with E-state index in [1.807, 2.05) is 6.92 Å². The standard InChI is InChI=1S/C11H17N3O3/c1-3-7-4-8(15)10(17-7)14-5-6(2)9(12)13-11(14)16/h5,7-8,10,15H,3-4H2,1-2H3,(H2,12,13,16)/t7-,8-,10-/m1/s1. The fourth-order valence-electron chi connectivity index (χ4n) is 2.00. The van der Waals surface area contributed by atoms with E-state index in [9.17, 15) is 9.90 Å². The fourth-order valence-corrected chi connectivity index (χ4v) is 2.00. The van der Waals surface area contributed by atoms with Gasteiger partial charge in [-0.1, -0.05) is 6.92 Å². The van der Waals surface area contributed by atoms with E-state index in [-0.39, 0.29) is 11.9 Å². The normalized spacial score (nSPS) is 28.5. The monoisotopic (exact) mass is 239 g/mol. The third kappa shape index (κ3) is 2.18. The van der Waals surface area contributed by atoms with E-state index >= 15 is 0 Å². The zero-order valence-electron chi connectivity index (χ0n) is 9.96. The van der Waals surface area contributed by atoms with E-state index in [1.165, 1.54) is 4.57 Å². The molecule has 17 heavy (non-hydrogen) atoms.